The quantitative estimate of drug-likeness (QED) is 0.682. The van der Waals surface area contributed by atoms with Crippen LogP contribution in [-0.2, 0) is 17.8 Å². The van der Waals surface area contributed by atoms with Crippen molar-refractivity contribution in [3.8, 4) is 0 Å². The van der Waals surface area contributed by atoms with Crippen LogP contribution in [-0.4, -0.2) is 15.5 Å². The fourth-order valence-electron chi connectivity index (χ4n) is 4.14. The molecule has 0 saturated carbocycles. The SMILES string of the molecule is Cc1cc(C)cc(Nc2nc(C)cc(=O)n2CC(=O)NC2CCc3ccccc32)c1. The van der Waals surface area contributed by atoms with Gasteiger partial charge < -0.3 is 10.6 Å². The van der Waals surface area contributed by atoms with Crippen LogP contribution in [0.2, 0.25) is 0 Å². The number of aryl methyl sites for hydroxylation is 4. The highest BCUT2D eigenvalue weighted by Gasteiger charge is 2.24. The van der Waals surface area contributed by atoms with Gasteiger partial charge in [0.2, 0.25) is 11.9 Å². The molecule has 0 saturated heterocycles. The maximum Gasteiger partial charge on any atom is 0.255 e. The molecule has 1 heterocycles. The molecule has 1 aliphatic carbocycles. The number of benzene rings is 2. The Hall–Kier alpha value is -3.41. The summed E-state index contributed by atoms with van der Waals surface area (Å²) in [5.74, 6) is 0.167. The summed E-state index contributed by atoms with van der Waals surface area (Å²) in [5, 5.41) is 6.30. The third-order valence-electron chi connectivity index (χ3n) is 5.38. The highest BCUT2D eigenvalue weighted by molar-refractivity contribution is 5.77. The van der Waals surface area contributed by atoms with Gasteiger partial charge in [-0.05, 0) is 68.0 Å². The average Bonchev–Trinajstić information content (AvgIpc) is 3.07. The van der Waals surface area contributed by atoms with Gasteiger partial charge in [0.05, 0.1) is 6.04 Å². The fourth-order valence-corrected chi connectivity index (χ4v) is 4.14. The Bertz CT molecular complexity index is 1150. The molecule has 1 aromatic heterocycles. The minimum absolute atomic E-state index is 0.0151. The lowest BCUT2D eigenvalue weighted by molar-refractivity contribution is -0.122. The van der Waals surface area contributed by atoms with Crippen molar-refractivity contribution in [2.75, 3.05) is 5.32 Å². The molecule has 2 N–H and O–H groups in total. The summed E-state index contributed by atoms with van der Waals surface area (Å²) in [6, 6.07) is 15.7. The molecular weight excluding hydrogens is 376 g/mol. The van der Waals surface area contributed by atoms with Gasteiger partial charge >= 0.3 is 0 Å². The van der Waals surface area contributed by atoms with Gasteiger partial charge in [0.25, 0.3) is 5.56 Å². The second-order valence-electron chi connectivity index (χ2n) is 8.00. The molecule has 1 amide bonds. The van der Waals surface area contributed by atoms with Crippen LogP contribution in [0, 0.1) is 20.8 Å². The van der Waals surface area contributed by atoms with Crippen LogP contribution in [0.3, 0.4) is 0 Å². The Labute approximate surface area is 176 Å². The average molecular weight is 402 g/mol. The monoisotopic (exact) mass is 402 g/mol. The van der Waals surface area contributed by atoms with Crippen LogP contribution in [0.15, 0.2) is 53.3 Å². The topological polar surface area (TPSA) is 76.0 Å². The van der Waals surface area contributed by atoms with Crippen LogP contribution in [0.25, 0.3) is 0 Å². The van der Waals surface area contributed by atoms with E-state index in [0.717, 1.165) is 35.2 Å². The summed E-state index contributed by atoms with van der Waals surface area (Å²) in [6.07, 6.45) is 1.83. The molecule has 1 aliphatic rings. The third-order valence-corrected chi connectivity index (χ3v) is 5.38. The number of nitrogens with one attached hydrogen (secondary N) is 2. The summed E-state index contributed by atoms with van der Waals surface area (Å²) < 4.78 is 1.39. The fraction of sp³-hybridized carbons (Fsp3) is 0.292. The van der Waals surface area contributed by atoms with E-state index >= 15 is 0 Å². The van der Waals surface area contributed by atoms with E-state index in [4.69, 9.17) is 0 Å². The largest absolute Gasteiger partial charge is 0.348 e. The Kier molecular flexibility index (Phi) is 5.40. The molecule has 30 heavy (non-hydrogen) atoms. The smallest absolute Gasteiger partial charge is 0.255 e. The Morgan fingerprint density at radius 1 is 1.10 bits per heavy atom. The first-order valence-corrected chi connectivity index (χ1v) is 10.2. The van der Waals surface area contributed by atoms with Crippen molar-refractivity contribution in [3.63, 3.8) is 0 Å². The highest BCUT2D eigenvalue weighted by atomic mass is 16.2. The van der Waals surface area contributed by atoms with Gasteiger partial charge in [-0.2, -0.15) is 0 Å². The number of anilines is 2. The van der Waals surface area contributed by atoms with E-state index in [1.165, 1.54) is 16.2 Å². The number of aromatic nitrogens is 2. The number of amides is 1. The van der Waals surface area contributed by atoms with E-state index in [-0.39, 0.29) is 24.1 Å². The van der Waals surface area contributed by atoms with Gasteiger partial charge in [-0.1, -0.05) is 30.3 Å². The van der Waals surface area contributed by atoms with Gasteiger partial charge in [-0.3, -0.25) is 14.2 Å². The van der Waals surface area contributed by atoms with Gasteiger partial charge in [0.1, 0.15) is 6.54 Å². The predicted octanol–water partition coefficient (Wildman–Crippen LogP) is 3.72. The Morgan fingerprint density at radius 3 is 2.60 bits per heavy atom. The number of hydrogen-bond donors (Lipinski definition) is 2. The zero-order valence-corrected chi connectivity index (χ0v) is 17.5. The van der Waals surface area contributed by atoms with Crippen molar-refractivity contribution in [1.29, 1.82) is 0 Å². The van der Waals surface area contributed by atoms with E-state index in [2.05, 4.69) is 33.8 Å². The third kappa shape index (κ3) is 4.27. The molecule has 2 aromatic carbocycles. The molecule has 3 aromatic rings. The summed E-state index contributed by atoms with van der Waals surface area (Å²) in [4.78, 5) is 29.9. The summed E-state index contributed by atoms with van der Waals surface area (Å²) in [7, 11) is 0. The number of carbonyl (C=O) groups excluding carboxylic acids is 1. The summed E-state index contributed by atoms with van der Waals surface area (Å²) >= 11 is 0. The lowest BCUT2D eigenvalue weighted by atomic mass is 10.1. The standard InChI is InChI=1S/C24H26N4O2/c1-15-10-16(2)12-19(11-15)26-24-25-17(3)13-23(30)28(24)14-22(29)27-21-9-8-18-6-4-5-7-20(18)21/h4-7,10-13,21H,8-9,14H2,1-3H3,(H,25,26)(H,27,29). The number of hydrogen-bond acceptors (Lipinski definition) is 4. The summed E-state index contributed by atoms with van der Waals surface area (Å²) in [5.41, 5.74) is 5.84. The molecule has 0 fully saturated rings. The van der Waals surface area contributed by atoms with E-state index in [9.17, 15) is 9.59 Å². The van der Waals surface area contributed by atoms with Crippen LogP contribution in [0.4, 0.5) is 11.6 Å². The molecule has 6 nitrogen and oxygen atoms in total. The van der Waals surface area contributed by atoms with Crippen LogP contribution < -0.4 is 16.2 Å². The van der Waals surface area contributed by atoms with Crippen LogP contribution in [0.5, 0.6) is 0 Å². The minimum atomic E-state index is -0.253. The van der Waals surface area contributed by atoms with E-state index in [1.807, 2.05) is 38.1 Å². The lowest BCUT2D eigenvalue weighted by Crippen LogP contribution is -2.35. The molecule has 0 aliphatic heterocycles. The Balaban J connectivity index is 1.56. The first-order valence-electron chi connectivity index (χ1n) is 10.2. The van der Waals surface area contributed by atoms with Crippen molar-refractivity contribution < 1.29 is 4.79 Å². The van der Waals surface area contributed by atoms with Crippen LogP contribution in [0.1, 0.15) is 40.4 Å². The summed E-state index contributed by atoms with van der Waals surface area (Å²) in [6.45, 7) is 5.72. The maximum absolute atomic E-state index is 12.8. The first-order chi connectivity index (χ1) is 14.4. The van der Waals surface area contributed by atoms with E-state index in [1.54, 1.807) is 6.92 Å². The van der Waals surface area contributed by atoms with Gasteiger partial charge in [0, 0.05) is 17.4 Å². The minimum Gasteiger partial charge on any atom is -0.348 e. The molecule has 1 atom stereocenters. The molecule has 154 valence electrons. The second-order valence-corrected chi connectivity index (χ2v) is 8.00. The molecule has 0 bridgehead atoms. The normalized spacial score (nSPS) is 15.0. The molecule has 4 rings (SSSR count). The Morgan fingerprint density at radius 2 is 1.83 bits per heavy atom. The van der Waals surface area contributed by atoms with Crippen molar-refractivity contribution in [2.45, 2.75) is 46.2 Å². The van der Waals surface area contributed by atoms with Crippen molar-refractivity contribution >= 4 is 17.5 Å². The van der Waals surface area contributed by atoms with Crippen molar-refractivity contribution in [2.24, 2.45) is 0 Å². The lowest BCUT2D eigenvalue weighted by Gasteiger charge is -2.17. The maximum atomic E-state index is 12.8. The number of rotatable bonds is 5. The molecule has 0 radical (unpaired) electrons. The number of fused-ring (bicyclic) bond motifs is 1. The zero-order valence-electron chi connectivity index (χ0n) is 17.5. The first kappa shape index (κ1) is 19.9. The van der Waals surface area contributed by atoms with E-state index in [0.29, 0.717) is 11.6 Å². The number of nitrogens with zero attached hydrogens (tertiary/aromatic N) is 2. The van der Waals surface area contributed by atoms with Gasteiger partial charge in [-0.15, -0.1) is 0 Å². The molecule has 0 spiro atoms. The van der Waals surface area contributed by atoms with Gasteiger partial charge in [0.15, 0.2) is 0 Å². The van der Waals surface area contributed by atoms with E-state index < -0.39 is 0 Å². The second kappa shape index (κ2) is 8.14. The molecule has 6 heteroatoms. The van der Waals surface area contributed by atoms with Crippen LogP contribution >= 0.6 is 0 Å². The number of carbonyl (C=O) groups is 1. The molecule has 1 unspecified atom stereocenters. The highest BCUT2D eigenvalue weighted by Crippen LogP contribution is 2.30. The van der Waals surface area contributed by atoms with Crippen molar-refractivity contribution in [1.82, 2.24) is 14.9 Å². The van der Waals surface area contributed by atoms with Gasteiger partial charge in [-0.25, -0.2) is 4.98 Å². The predicted molar refractivity (Wildman–Crippen MR) is 118 cm³/mol. The molecular formula is C24H26N4O2. The zero-order chi connectivity index (χ0) is 21.3. The van der Waals surface area contributed by atoms with Crippen molar-refractivity contribution in [3.05, 3.63) is 86.8 Å².